The van der Waals surface area contributed by atoms with Crippen LogP contribution in [0.25, 0.3) is 0 Å². The lowest BCUT2D eigenvalue weighted by atomic mass is 9.64. The standard InChI is InChI=1S/C12H16O3/c1-15-11(14)12-6-3-2-4-9(12)8-10(13)5-7-12/h8H,2-7H2,1H3. The fraction of sp³-hybridized carbons (Fsp3) is 0.667. The third-order valence-corrected chi connectivity index (χ3v) is 3.62. The van der Waals surface area contributed by atoms with Crippen molar-refractivity contribution >= 4 is 11.8 Å². The Kier molecular flexibility index (Phi) is 2.63. The van der Waals surface area contributed by atoms with E-state index in [1.54, 1.807) is 6.08 Å². The number of carbonyl (C=O) groups is 2. The summed E-state index contributed by atoms with van der Waals surface area (Å²) in [6.07, 6.45) is 6.67. The van der Waals surface area contributed by atoms with Crippen molar-refractivity contribution in [2.45, 2.75) is 38.5 Å². The molecule has 0 aromatic rings. The number of esters is 1. The maximum absolute atomic E-state index is 11.9. The smallest absolute Gasteiger partial charge is 0.315 e. The lowest BCUT2D eigenvalue weighted by Crippen LogP contribution is -2.39. The SMILES string of the molecule is COC(=O)C12CCCCC1=CC(=O)CC2. The van der Waals surface area contributed by atoms with E-state index in [-0.39, 0.29) is 11.8 Å². The van der Waals surface area contributed by atoms with Crippen LogP contribution in [0.2, 0.25) is 0 Å². The van der Waals surface area contributed by atoms with Crippen LogP contribution >= 0.6 is 0 Å². The maximum Gasteiger partial charge on any atom is 0.315 e. The summed E-state index contributed by atoms with van der Waals surface area (Å²) >= 11 is 0. The van der Waals surface area contributed by atoms with Gasteiger partial charge in [0.25, 0.3) is 0 Å². The summed E-state index contributed by atoms with van der Waals surface area (Å²) in [5.41, 5.74) is 0.554. The van der Waals surface area contributed by atoms with E-state index in [0.29, 0.717) is 12.8 Å². The van der Waals surface area contributed by atoms with Crippen molar-refractivity contribution in [1.29, 1.82) is 0 Å². The number of fused-ring (bicyclic) bond motifs is 1. The fourth-order valence-corrected chi connectivity index (χ4v) is 2.77. The molecule has 1 saturated carbocycles. The van der Waals surface area contributed by atoms with Gasteiger partial charge >= 0.3 is 5.97 Å². The van der Waals surface area contributed by atoms with E-state index in [2.05, 4.69) is 0 Å². The van der Waals surface area contributed by atoms with Gasteiger partial charge in [0.1, 0.15) is 0 Å². The Morgan fingerprint density at radius 2 is 2.13 bits per heavy atom. The molecule has 3 nitrogen and oxygen atoms in total. The lowest BCUT2D eigenvalue weighted by Gasteiger charge is -2.39. The summed E-state index contributed by atoms with van der Waals surface area (Å²) in [5.74, 6) is 0.00683. The van der Waals surface area contributed by atoms with Gasteiger partial charge in [-0.1, -0.05) is 6.42 Å². The summed E-state index contributed by atoms with van der Waals surface area (Å²) in [4.78, 5) is 23.2. The molecule has 0 saturated heterocycles. The lowest BCUT2D eigenvalue weighted by molar-refractivity contribution is -0.152. The molecule has 3 heteroatoms. The van der Waals surface area contributed by atoms with Gasteiger partial charge in [0.05, 0.1) is 12.5 Å². The number of ketones is 1. The minimum Gasteiger partial charge on any atom is -0.468 e. The highest BCUT2D eigenvalue weighted by atomic mass is 16.5. The average Bonchev–Trinajstić information content (AvgIpc) is 2.28. The Morgan fingerprint density at radius 3 is 2.87 bits per heavy atom. The molecule has 0 spiro atoms. The maximum atomic E-state index is 11.9. The number of rotatable bonds is 1. The topological polar surface area (TPSA) is 43.4 Å². The van der Waals surface area contributed by atoms with Crippen molar-refractivity contribution in [2.24, 2.45) is 5.41 Å². The van der Waals surface area contributed by atoms with Crippen molar-refractivity contribution < 1.29 is 14.3 Å². The first kappa shape index (κ1) is 10.4. The van der Waals surface area contributed by atoms with Crippen LogP contribution in [0.3, 0.4) is 0 Å². The molecule has 0 bridgehead atoms. The molecule has 82 valence electrons. The molecule has 0 aromatic carbocycles. The molecular formula is C12H16O3. The monoisotopic (exact) mass is 208 g/mol. The highest BCUT2D eigenvalue weighted by Crippen LogP contribution is 2.47. The van der Waals surface area contributed by atoms with Crippen LogP contribution < -0.4 is 0 Å². The Morgan fingerprint density at radius 1 is 1.33 bits per heavy atom. The van der Waals surface area contributed by atoms with Gasteiger partial charge in [-0.25, -0.2) is 0 Å². The van der Waals surface area contributed by atoms with E-state index in [1.165, 1.54) is 7.11 Å². The highest BCUT2D eigenvalue weighted by Gasteiger charge is 2.46. The number of hydrogen-bond acceptors (Lipinski definition) is 3. The molecule has 2 aliphatic carbocycles. The van der Waals surface area contributed by atoms with Gasteiger partial charge in [-0.2, -0.15) is 0 Å². The van der Waals surface area contributed by atoms with Crippen LogP contribution in [0.1, 0.15) is 38.5 Å². The van der Waals surface area contributed by atoms with Gasteiger partial charge in [-0.15, -0.1) is 0 Å². The second-order valence-corrected chi connectivity index (χ2v) is 4.42. The minimum atomic E-state index is -0.457. The second kappa shape index (κ2) is 3.80. The van der Waals surface area contributed by atoms with Gasteiger partial charge in [0.2, 0.25) is 0 Å². The van der Waals surface area contributed by atoms with E-state index < -0.39 is 5.41 Å². The molecule has 15 heavy (non-hydrogen) atoms. The van der Waals surface area contributed by atoms with Gasteiger partial charge < -0.3 is 4.74 Å². The van der Waals surface area contributed by atoms with Crippen molar-refractivity contribution in [3.05, 3.63) is 11.6 Å². The number of methoxy groups -OCH3 is 1. The first-order valence-corrected chi connectivity index (χ1v) is 5.51. The van der Waals surface area contributed by atoms with E-state index in [4.69, 9.17) is 4.74 Å². The van der Waals surface area contributed by atoms with Crippen LogP contribution in [0, 0.1) is 5.41 Å². The normalized spacial score (nSPS) is 30.5. The Balaban J connectivity index is 2.37. The van der Waals surface area contributed by atoms with E-state index in [0.717, 1.165) is 31.3 Å². The van der Waals surface area contributed by atoms with E-state index >= 15 is 0 Å². The largest absolute Gasteiger partial charge is 0.468 e. The number of carbonyl (C=O) groups excluding carboxylic acids is 2. The van der Waals surface area contributed by atoms with Crippen LogP contribution in [-0.4, -0.2) is 18.9 Å². The van der Waals surface area contributed by atoms with Gasteiger partial charge in [0, 0.05) is 6.42 Å². The van der Waals surface area contributed by atoms with Gasteiger partial charge in [-0.3, -0.25) is 9.59 Å². The molecule has 0 radical (unpaired) electrons. The Bertz CT molecular complexity index is 330. The molecule has 0 amide bonds. The summed E-state index contributed by atoms with van der Waals surface area (Å²) < 4.78 is 4.89. The van der Waals surface area contributed by atoms with Crippen molar-refractivity contribution in [1.82, 2.24) is 0 Å². The van der Waals surface area contributed by atoms with Crippen LogP contribution in [0.4, 0.5) is 0 Å². The summed E-state index contributed by atoms with van der Waals surface area (Å²) in [6.45, 7) is 0. The van der Waals surface area contributed by atoms with Crippen LogP contribution in [0.15, 0.2) is 11.6 Å². The summed E-state index contributed by atoms with van der Waals surface area (Å²) in [5, 5.41) is 0. The molecule has 0 N–H and O–H groups in total. The average molecular weight is 208 g/mol. The Labute approximate surface area is 89.5 Å². The zero-order valence-corrected chi connectivity index (χ0v) is 9.04. The molecule has 1 fully saturated rings. The van der Waals surface area contributed by atoms with Gasteiger partial charge in [0.15, 0.2) is 5.78 Å². The molecule has 2 aliphatic rings. The Hall–Kier alpha value is -1.12. The van der Waals surface area contributed by atoms with Crippen LogP contribution in [0.5, 0.6) is 0 Å². The van der Waals surface area contributed by atoms with Crippen molar-refractivity contribution in [3.63, 3.8) is 0 Å². The fourth-order valence-electron chi connectivity index (χ4n) is 2.77. The third kappa shape index (κ3) is 1.60. The molecule has 1 atom stereocenters. The molecule has 1 unspecified atom stereocenters. The summed E-state index contributed by atoms with van der Waals surface area (Å²) in [6, 6.07) is 0. The van der Waals surface area contributed by atoms with Crippen LogP contribution in [-0.2, 0) is 14.3 Å². The highest BCUT2D eigenvalue weighted by molar-refractivity contribution is 5.95. The predicted octanol–water partition coefficient (Wildman–Crippen LogP) is 2.01. The minimum absolute atomic E-state index is 0.152. The first-order valence-electron chi connectivity index (χ1n) is 5.51. The number of allylic oxidation sites excluding steroid dienone is 1. The first-order chi connectivity index (χ1) is 7.19. The quantitative estimate of drug-likeness (QED) is 0.619. The molecule has 0 aliphatic heterocycles. The van der Waals surface area contributed by atoms with Gasteiger partial charge in [-0.05, 0) is 37.3 Å². The second-order valence-electron chi connectivity index (χ2n) is 4.42. The van der Waals surface area contributed by atoms with E-state index in [9.17, 15) is 9.59 Å². The number of ether oxygens (including phenoxy) is 1. The predicted molar refractivity (Wildman–Crippen MR) is 55.2 cm³/mol. The molecular weight excluding hydrogens is 192 g/mol. The summed E-state index contributed by atoms with van der Waals surface area (Å²) in [7, 11) is 1.43. The van der Waals surface area contributed by atoms with Crippen molar-refractivity contribution in [2.75, 3.05) is 7.11 Å². The third-order valence-electron chi connectivity index (χ3n) is 3.62. The zero-order valence-electron chi connectivity index (χ0n) is 9.04. The number of hydrogen-bond donors (Lipinski definition) is 0. The molecule has 2 rings (SSSR count). The zero-order chi connectivity index (χ0) is 10.9. The molecule has 0 aromatic heterocycles. The van der Waals surface area contributed by atoms with E-state index in [1.807, 2.05) is 0 Å². The molecule has 0 heterocycles. The van der Waals surface area contributed by atoms with Crippen molar-refractivity contribution in [3.8, 4) is 0 Å².